The minimum atomic E-state index is -0.973. The molecule has 0 aliphatic carbocycles. The summed E-state index contributed by atoms with van der Waals surface area (Å²) < 4.78 is 0. The van der Waals surface area contributed by atoms with E-state index in [4.69, 9.17) is 9.94 Å². The molecule has 122 valence electrons. The van der Waals surface area contributed by atoms with E-state index < -0.39 is 18.1 Å². The van der Waals surface area contributed by atoms with Gasteiger partial charge in [-0.3, -0.25) is 14.4 Å². The molecular weight excluding hydrogens is 296 g/mol. The normalized spacial score (nSPS) is 24.6. The largest absolute Gasteiger partial charge is 0.569 e. The lowest BCUT2D eigenvalue weighted by Crippen LogP contribution is -2.43. The summed E-state index contributed by atoms with van der Waals surface area (Å²) in [6.07, 6.45) is 0.344. The fraction of sp³-hybridized carbons (Fsp3) is 0.750. The smallest absolute Gasteiger partial charge is 0.308 e. The van der Waals surface area contributed by atoms with Gasteiger partial charge in [0.25, 0.3) is 0 Å². The lowest BCUT2D eigenvalue weighted by molar-refractivity contribution is -0.715. The topological polar surface area (TPSA) is 126 Å². The van der Waals surface area contributed by atoms with Gasteiger partial charge in [-0.25, -0.2) is 4.90 Å². The molecule has 2 saturated heterocycles. The van der Waals surface area contributed by atoms with E-state index in [2.05, 4.69) is 5.28 Å². The summed E-state index contributed by atoms with van der Waals surface area (Å²) in [5.41, 5.74) is 0. The predicted octanol–water partition coefficient (Wildman–Crippen LogP) is 0.0871. The Morgan fingerprint density at radius 2 is 2.09 bits per heavy atom. The van der Waals surface area contributed by atoms with Crippen LogP contribution in [0, 0.1) is 11.1 Å². The zero-order chi connectivity index (χ0) is 16.3. The average Bonchev–Trinajstić information content (AvgIpc) is 2.83. The fourth-order valence-corrected chi connectivity index (χ4v) is 2.52. The van der Waals surface area contributed by atoms with Crippen LogP contribution in [0.3, 0.4) is 0 Å². The molecule has 10 nitrogen and oxygen atoms in total. The maximum absolute atomic E-state index is 11.8. The lowest BCUT2D eigenvalue weighted by Gasteiger charge is -2.26. The van der Waals surface area contributed by atoms with Gasteiger partial charge in [0.2, 0.25) is 23.3 Å². The molecule has 2 heterocycles. The highest BCUT2D eigenvalue weighted by Gasteiger charge is 2.35. The third-order valence-corrected chi connectivity index (χ3v) is 3.71. The van der Waals surface area contributed by atoms with E-state index in [0.717, 1.165) is 4.90 Å². The number of piperidine rings is 1. The van der Waals surface area contributed by atoms with Crippen LogP contribution in [0.1, 0.15) is 32.6 Å². The van der Waals surface area contributed by atoms with Crippen molar-refractivity contribution in [3.63, 3.8) is 0 Å². The van der Waals surface area contributed by atoms with E-state index in [1.807, 2.05) is 0 Å². The molecule has 2 aliphatic heterocycles. The van der Waals surface area contributed by atoms with Gasteiger partial charge in [-0.2, -0.15) is 0 Å². The number of hydrogen-bond acceptors (Lipinski definition) is 6. The molecule has 2 rings (SSSR count). The molecule has 10 heteroatoms. The minimum Gasteiger partial charge on any atom is -0.569 e. The first kappa shape index (κ1) is 16.0. The third-order valence-electron chi connectivity index (χ3n) is 3.71. The van der Waals surface area contributed by atoms with Gasteiger partial charge < -0.3 is 15.2 Å². The number of aliphatic carboxylic acids is 1. The van der Waals surface area contributed by atoms with E-state index in [0.29, 0.717) is 19.4 Å². The highest BCUT2D eigenvalue weighted by atomic mass is 16.7. The molecule has 2 fully saturated rings. The number of likely N-dealkylation sites (tertiary alicyclic amines) is 1. The van der Waals surface area contributed by atoms with Gasteiger partial charge in [-0.1, -0.05) is 0 Å². The Labute approximate surface area is 126 Å². The fourth-order valence-electron chi connectivity index (χ4n) is 2.52. The van der Waals surface area contributed by atoms with Gasteiger partial charge in [0.05, 0.1) is 24.0 Å². The summed E-state index contributed by atoms with van der Waals surface area (Å²) in [5.74, 6) is -2.32. The summed E-state index contributed by atoms with van der Waals surface area (Å²) in [4.78, 5) is 40.0. The molecule has 0 aromatic heterocycles. The van der Waals surface area contributed by atoms with Crippen LogP contribution in [0.4, 0.5) is 0 Å². The second-order valence-corrected chi connectivity index (χ2v) is 5.29. The number of rotatable bonds is 5. The molecule has 2 unspecified atom stereocenters. The second kappa shape index (κ2) is 6.58. The third kappa shape index (κ3) is 3.43. The van der Waals surface area contributed by atoms with Gasteiger partial charge in [0.1, 0.15) is 0 Å². The van der Waals surface area contributed by atoms with E-state index in [1.165, 1.54) is 11.9 Å². The predicted molar refractivity (Wildman–Crippen MR) is 69.6 cm³/mol. The molecule has 0 aromatic rings. The highest BCUT2D eigenvalue weighted by molar-refractivity contribution is 6.02. The van der Waals surface area contributed by atoms with E-state index in [1.54, 1.807) is 0 Å². The quantitative estimate of drug-likeness (QED) is 0.330. The van der Waals surface area contributed by atoms with E-state index >= 15 is 0 Å². The summed E-state index contributed by atoms with van der Waals surface area (Å²) in [5, 5.41) is 25.3. The first-order chi connectivity index (χ1) is 10.4. The molecule has 0 aromatic carbocycles. The minimum absolute atomic E-state index is 0.0433. The van der Waals surface area contributed by atoms with Crippen molar-refractivity contribution in [2.24, 2.45) is 11.2 Å². The van der Waals surface area contributed by atoms with Gasteiger partial charge >= 0.3 is 5.97 Å². The summed E-state index contributed by atoms with van der Waals surface area (Å²) >= 11 is 0. The zero-order valence-corrected chi connectivity index (χ0v) is 12.2. The number of hydrogen-bond donors (Lipinski definition) is 1. The molecule has 1 N–H and O–H groups in total. The van der Waals surface area contributed by atoms with Gasteiger partial charge in [0, 0.05) is 12.8 Å². The van der Waals surface area contributed by atoms with Crippen molar-refractivity contribution in [1.29, 1.82) is 0 Å². The standard InChI is InChI=1S/C12H18N4O6/c1-8(15-10(17)4-5-11(15)18)22-13-16(21)14-6-2-3-9(7-14)12(19)20/h8-9H,2-7H2,1H3,(H,19,20)/b16-13-. The van der Waals surface area contributed by atoms with E-state index in [-0.39, 0.29) is 36.2 Å². The van der Waals surface area contributed by atoms with Crippen molar-refractivity contribution in [2.75, 3.05) is 13.1 Å². The van der Waals surface area contributed by atoms with Crippen molar-refractivity contribution in [3.05, 3.63) is 5.21 Å². The summed E-state index contributed by atoms with van der Waals surface area (Å²) in [6.45, 7) is 1.85. The SMILES string of the molecule is CC(O/N=[N+](\[O-])N1CCCC(C(=O)O)C1)N1C(=O)CCC1=O. The Morgan fingerprint density at radius 1 is 1.45 bits per heavy atom. The van der Waals surface area contributed by atoms with Crippen molar-refractivity contribution >= 4 is 17.8 Å². The molecule has 0 saturated carbocycles. The Kier molecular flexibility index (Phi) is 4.78. The van der Waals surface area contributed by atoms with Crippen LogP contribution >= 0.6 is 0 Å². The molecule has 2 aliphatic rings. The van der Waals surface area contributed by atoms with Crippen molar-refractivity contribution in [3.8, 4) is 0 Å². The second-order valence-electron chi connectivity index (χ2n) is 5.29. The number of hydrazine groups is 1. The Morgan fingerprint density at radius 3 is 2.68 bits per heavy atom. The van der Waals surface area contributed by atoms with Gasteiger partial charge in [-0.15, -0.1) is 5.01 Å². The number of nitrogens with zero attached hydrogens (tertiary/aromatic N) is 4. The van der Waals surface area contributed by atoms with Crippen molar-refractivity contribution < 1.29 is 29.3 Å². The number of amides is 2. The monoisotopic (exact) mass is 314 g/mol. The molecule has 0 spiro atoms. The first-order valence-electron chi connectivity index (χ1n) is 7.06. The van der Waals surface area contributed by atoms with Crippen LogP contribution < -0.4 is 0 Å². The Balaban J connectivity index is 1.93. The maximum Gasteiger partial charge on any atom is 0.308 e. The average molecular weight is 314 g/mol. The Bertz CT molecular complexity index is 492. The van der Waals surface area contributed by atoms with E-state index in [9.17, 15) is 19.6 Å². The summed E-state index contributed by atoms with van der Waals surface area (Å²) in [7, 11) is 0. The zero-order valence-electron chi connectivity index (χ0n) is 12.2. The number of carboxylic acid groups (broad SMARTS) is 1. The molecular formula is C12H18N4O6. The summed E-state index contributed by atoms with van der Waals surface area (Å²) in [6, 6.07) is 0. The van der Waals surface area contributed by atoms with Crippen LogP contribution in [0.5, 0.6) is 0 Å². The van der Waals surface area contributed by atoms with Crippen LogP contribution in [0.2, 0.25) is 0 Å². The van der Waals surface area contributed by atoms with Crippen LogP contribution in [0.25, 0.3) is 0 Å². The van der Waals surface area contributed by atoms with Crippen molar-refractivity contribution in [1.82, 2.24) is 9.91 Å². The Hall–Kier alpha value is -2.39. The highest BCUT2D eigenvalue weighted by Crippen LogP contribution is 2.18. The molecule has 22 heavy (non-hydrogen) atoms. The molecule has 0 radical (unpaired) electrons. The number of carbonyl (C=O) groups is 3. The maximum atomic E-state index is 11.8. The number of imide groups is 1. The first-order valence-corrected chi connectivity index (χ1v) is 7.06. The molecule has 2 atom stereocenters. The van der Waals surface area contributed by atoms with Gasteiger partial charge in [-0.05, 0) is 19.8 Å². The molecule has 0 bridgehead atoms. The van der Waals surface area contributed by atoms with Crippen LogP contribution in [-0.4, -0.2) is 57.1 Å². The lowest BCUT2D eigenvalue weighted by atomic mass is 10.00. The van der Waals surface area contributed by atoms with Crippen molar-refractivity contribution in [2.45, 2.75) is 38.8 Å². The van der Waals surface area contributed by atoms with Gasteiger partial charge in [0.15, 0.2) is 0 Å². The van der Waals surface area contributed by atoms with Crippen LogP contribution in [-0.2, 0) is 19.2 Å². The molecule has 2 amide bonds. The van der Waals surface area contributed by atoms with Crippen LogP contribution in [0.15, 0.2) is 5.28 Å². The number of carboxylic acids is 1. The number of carbonyl (C=O) groups excluding carboxylic acids is 2.